The smallest absolute Gasteiger partial charge is 0.0434 e. The molecule has 0 amide bonds. The standard InChI is InChI=1S/C49H32S3/c1-49-27-5-4-26-44(49)51-48-37(20-11-24-42(48)49)33-15-7-14-32(29-33)36-19-10-23-41-40-22-9-18-35(46(40)52-47(36)41)31-13-6-12-30(28-31)34-17-8-21-39-38-16-2-3-25-43(38)50-45(34)39/h2-29,44H,1H3. The summed E-state index contributed by atoms with van der Waals surface area (Å²) in [5, 5.41) is 5.75. The van der Waals surface area contributed by atoms with E-state index in [1.165, 1.54) is 95.3 Å². The molecule has 2 aromatic heterocycles. The predicted molar refractivity (Wildman–Crippen MR) is 229 cm³/mol. The Morgan fingerprint density at radius 2 is 0.962 bits per heavy atom. The molecule has 3 heterocycles. The van der Waals surface area contributed by atoms with Gasteiger partial charge >= 0.3 is 0 Å². The quantitative estimate of drug-likeness (QED) is 0.175. The molecule has 2 aliphatic rings. The number of benzene rings is 7. The average molecular weight is 717 g/mol. The van der Waals surface area contributed by atoms with Crippen LogP contribution >= 0.6 is 34.4 Å². The Bertz CT molecular complexity index is 2970. The largest absolute Gasteiger partial charge is 0.135 e. The first-order valence-electron chi connectivity index (χ1n) is 17.9. The normalized spacial score (nSPS) is 17.8. The summed E-state index contributed by atoms with van der Waals surface area (Å²) in [4.78, 5) is 1.42. The Morgan fingerprint density at radius 3 is 1.62 bits per heavy atom. The minimum Gasteiger partial charge on any atom is -0.135 e. The summed E-state index contributed by atoms with van der Waals surface area (Å²) in [6.07, 6.45) is 9.16. The minimum atomic E-state index is 0.0359. The summed E-state index contributed by atoms with van der Waals surface area (Å²) in [5.74, 6) is 0. The number of fused-ring (bicyclic) bond motifs is 9. The number of hydrogen-bond acceptors (Lipinski definition) is 3. The lowest BCUT2D eigenvalue weighted by Gasteiger charge is -2.28. The first-order chi connectivity index (χ1) is 25.6. The van der Waals surface area contributed by atoms with Gasteiger partial charge in [-0.1, -0.05) is 159 Å². The van der Waals surface area contributed by atoms with Crippen LogP contribution in [-0.2, 0) is 5.41 Å². The molecule has 11 rings (SSSR count). The SMILES string of the molecule is CC12C=CC=CC1Sc1c(-c3cccc(-c4cccc5c4sc4c(-c6cccc(-c7cccc8c7sc7ccccc78)c6)cccc45)c3)cccc12. The van der Waals surface area contributed by atoms with Crippen LogP contribution in [0.25, 0.3) is 84.9 Å². The summed E-state index contributed by atoms with van der Waals surface area (Å²) in [6.45, 7) is 2.38. The van der Waals surface area contributed by atoms with E-state index in [0.717, 1.165) is 0 Å². The molecule has 1 aliphatic carbocycles. The Kier molecular flexibility index (Phi) is 6.83. The van der Waals surface area contributed by atoms with Crippen LogP contribution in [0, 0.1) is 0 Å². The van der Waals surface area contributed by atoms with Gasteiger partial charge in [0.15, 0.2) is 0 Å². The van der Waals surface area contributed by atoms with Gasteiger partial charge in [0, 0.05) is 55.9 Å². The second-order valence-corrected chi connectivity index (χ2v) is 17.4. The molecule has 9 aromatic rings. The molecule has 2 atom stereocenters. The number of hydrogen-bond donors (Lipinski definition) is 0. The molecule has 7 aromatic carbocycles. The molecule has 0 nitrogen and oxygen atoms in total. The molecule has 0 spiro atoms. The fourth-order valence-corrected chi connectivity index (χ4v) is 12.7. The summed E-state index contributed by atoms with van der Waals surface area (Å²) in [7, 11) is 0. The molecular formula is C49H32S3. The third kappa shape index (κ3) is 4.53. The van der Waals surface area contributed by atoms with Crippen molar-refractivity contribution in [3.05, 3.63) is 175 Å². The van der Waals surface area contributed by atoms with E-state index in [2.05, 4.69) is 177 Å². The predicted octanol–water partition coefficient (Wildman–Crippen LogP) is 14.9. The van der Waals surface area contributed by atoms with Crippen molar-refractivity contribution in [1.29, 1.82) is 0 Å². The average Bonchev–Trinajstić information content (AvgIpc) is 3.87. The van der Waals surface area contributed by atoms with Crippen LogP contribution in [0.2, 0.25) is 0 Å². The van der Waals surface area contributed by atoms with Gasteiger partial charge in [-0.25, -0.2) is 0 Å². The Morgan fingerprint density at radius 1 is 0.462 bits per heavy atom. The fraction of sp³-hybridized carbons (Fsp3) is 0.0612. The lowest BCUT2D eigenvalue weighted by Crippen LogP contribution is -2.28. The van der Waals surface area contributed by atoms with E-state index < -0.39 is 0 Å². The van der Waals surface area contributed by atoms with Crippen molar-refractivity contribution < 1.29 is 0 Å². The van der Waals surface area contributed by atoms with Crippen molar-refractivity contribution in [2.45, 2.75) is 22.5 Å². The van der Waals surface area contributed by atoms with E-state index in [0.29, 0.717) is 5.25 Å². The summed E-state index contributed by atoms with van der Waals surface area (Å²) in [5.41, 5.74) is 11.8. The molecule has 0 N–H and O–H groups in total. The molecular weight excluding hydrogens is 685 g/mol. The first kappa shape index (κ1) is 30.4. The van der Waals surface area contributed by atoms with E-state index in [4.69, 9.17) is 0 Å². The van der Waals surface area contributed by atoms with Crippen molar-refractivity contribution in [2.24, 2.45) is 0 Å². The van der Waals surface area contributed by atoms with Crippen LogP contribution < -0.4 is 0 Å². The molecule has 2 unspecified atom stereocenters. The monoisotopic (exact) mass is 716 g/mol. The van der Waals surface area contributed by atoms with E-state index in [-0.39, 0.29) is 5.41 Å². The van der Waals surface area contributed by atoms with Gasteiger partial charge in [-0.05, 0) is 68.3 Å². The van der Waals surface area contributed by atoms with Crippen LogP contribution in [0.15, 0.2) is 175 Å². The second kappa shape index (κ2) is 11.7. The molecule has 0 saturated heterocycles. The van der Waals surface area contributed by atoms with Crippen molar-refractivity contribution in [2.75, 3.05) is 0 Å². The highest BCUT2D eigenvalue weighted by Crippen LogP contribution is 2.55. The maximum Gasteiger partial charge on any atom is 0.0434 e. The summed E-state index contributed by atoms with van der Waals surface area (Å²) < 4.78 is 5.38. The molecule has 52 heavy (non-hydrogen) atoms. The summed E-state index contributed by atoms with van der Waals surface area (Å²) in [6, 6.07) is 54.4. The fourth-order valence-electron chi connectivity index (χ4n) is 8.52. The molecule has 1 aliphatic heterocycles. The van der Waals surface area contributed by atoms with Crippen LogP contribution in [0.4, 0.5) is 0 Å². The Labute approximate surface area is 315 Å². The van der Waals surface area contributed by atoms with Gasteiger partial charge in [0.25, 0.3) is 0 Å². The number of thiophene rings is 2. The van der Waals surface area contributed by atoms with E-state index >= 15 is 0 Å². The van der Waals surface area contributed by atoms with Crippen LogP contribution in [0.1, 0.15) is 12.5 Å². The second-order valence-electron chi connectivity index (χ2n) is 14.2. The zero-order valence-corrected chi connectivity index (χ0v) is 30.9. The highest BCUT2D eigenvalue weighted by Gasteiger charge is 2.42. The van der Waals surface area contributed by atoms with E-state index in [1.807, 2.05) is 34.4 Å². The molecule has 246 valence electrons. The van der Waals surface area contributed by atoms with Crippen molar-refractivity contribution in [3.63, 3.8) is 0 Å². The van der Waals surface area contributed by atoms with Gasteiger partial charge in [0.05, 0.1) is 0 Å². The van der Waals surface area contributed by atoms with Gasteiger partial charge < -0.3 is 0 Å². The van der Waals surface area contributed by atoms with Gasteiger partial charge in [0.2, 0.25) is 0 Å². The molecule has 0 bridgehead atoms. The van der Waals surface area contributed by atoms with Crippen molar-refractivity contribution >= 4 is 74.8 Å². The topological polar surface area (TPSA) is 0 Å². The van der Waals surface area contributed by atoms with E-state index in [1.54, 1.807) is 0 Å². The molecule has 0 fully saturated rings. The number of rotatable bonds is 4. The van der Waals surface area contributed by atoms with Crippen molar-refractivity contribution in [3.8, 4) is 44.5 Å². The van der Waals surface area contributed by atoms with Crippen LogP contribution in [0.3, 0.4) is 0 Å². The third-order valence-corrected chi connectivity index (χ3v) is 15.3. The zero-order valence-electron chi connectivity index (χ0n) is 28.5. The van der Waals surface area contributed by atoms with Gasteiger partial charge in [-0.2, -0.15) is 0 Å². The highest BCUT2D eigenvalue weighted by atomic mass is 32.2. The van der Waals surface area contributed by atoms with Gasteiger partial charge in [-0.3, -0.25) is 0 Å². The van der Waals surface area contributed by atoms with Crippen molar-refractivity contribution in [1.82, 2.24) is 0 Å². The van der Waals surface area contributed by atoms with Gasteiger partial charge in [-0.15, -0.1) is 34.4 Å². The lowest BCUT2D eigenvalue weighted by molar-refractivity contribution is 0.620. The van der Waals surface area contributed by atoms with Crippen LogP contribution in [-0.4, -0.2) is 5.25 Å². The maximum atomic E-state index is 2.41. The molecule has 0 radical (unpaired) electrons. The van der Waals surface area contributed by atoms with Crippen LogP contribution in [0.5, 0.6) is 0 Å². The highest BCUT2D eigenvalue weighted by molar-refractivity contribution is 8.00. The maximum absolute atomic E-state index is 2.41. The zero-order chi connectivity index (χ0) is 34.4. The lowest BCUT2D eigenvalue weighted by atomic mass is 9.76. The first-order valence-corrected chi connectivity index (χ1v) is 20.4. The van der Waals surface area contributed by atoms with Gasteiger partial charge in [0.1, 0.15) is 0 Å². The molecule has 0 saturated carbocycles. The molecule has 3 heteroatoms. The number of allylic oxidation sites excluding steroid dienone is 3. The summed E-state index contributed by atoms with van der Waals surface area (Å²) >= 11 is 5.84. The Hall–Kier alpha value is -5.19. The number of thioether (sulfide) groups is 1. The third-order valence-electron chi connectivity index (χ3n) is 11.2. The Balaban J connectivity index is 1.02. The van der Waals surface area contributed by atoms with E-state index in [9.17, 15) is 0 Å². The minimum absolute atomic E-state index is 0.0359.